The van der Waals surface area contributed by atoms with Gasteiger partial charge in [-0.3, -0.25) is 14.4 Å². The molecule has 7 nitrogen and oxygen atoms in total. The van der Waals surface area contributed by atoms with Crippen molar-refractivity contribution in [3.05, 3.63) is 28.2 Å². The summed E-state index contributed by atoms with van der Waals surface area (Å²) >= 11 is 0. The molecule has 7 heteroatoms. The number of aromatic amines is 1. The third kappa shape index (κ3) is 3.64. The maximum absolute atomic E-state index is 11.7. The number of H-pyrrole nitrogens is 1. The summed E-state index contributed by atoms with van der Waals surface area (Å²) in [7, 11) is 0. The summed E-state index contributed by atoms with van der Waals surface area (Å²) in [5.41, 5.74) is -0.228. The molecule has 1 aliphatic rings. The van der Waals surface area contributed by atoms with Gasteiger partial charge in [0, 0.05) is 32.1 Å². The van der Waals surface area contributed by atoms with Crippen LogP contribution >= 0.6 is 0 Å². The number of likely N-dealkylation sites (tertiary alicyclic amines) is 1. The van der Waals surface area contributed by atoms with Gasteiger partial charge in [-0.05, 0) is 18.9 Å². The van der Waals surface area contributed by atoms with E-state index in [1.165, 1.54) is 12.1 Å². The molecule has 0 saturated carbocycles. The van der Waals surface area contributed by atoms with E-state index in [2.05, 4.69) is 15.5 Å². The van der Waals surface area contributed by atoms with Gasteiger partial charge >= 0.3 is 0 Å². The molecular formula is C12H16N4O3. The number of aromatic nitrogens is 2. The summed E-state index contributed by atoms with van der Waals surface area (Å²) < 4.78 is 0. The Morgan fingerprint density at radius 1 is 1.32 bits per heavy atom. The van der Waals surface area contributed by atoms with Crippen molar-refractivity contribution in [2.24, 2.45) is 0 Å². The Kier molecular flexibility index (Phi) is 4.27. The van der Waals surface area contributed by atoms with Gasteiger partial charge in [-0.1, -0.05) is 0 Å². The van der Waals surface area contributed by atoms with Crippen molar-refractivity contribution in [2.75, 3.05) is 19.6 Å². The van der Waals surface area contributed by atoms with Gasteiger partial charge < -0.3 is 10.2 Å². The average molecular weight is 264 g/mol. The zero-order valence-electron chi connectivity index (χ0n) is 10.5. The highest BCUT2D eigenvalue weighted by atomic mass is 16.2. The molecule has 2 heterocycles. The molecule has 1 fully saturated rings. The minimum atomic E-state index is -0.398. The molecule has 1 saturated heterocycles. The summed E-state index contributed by atoms with van der Waals surface area (Å²) in [6.45, 7) is 1.90. The molecule has 2 rings (SSSR count). The highest BCUT2D eigenvalue weighted by Crippen LogP contribution is 2.08. The van der Waals surface area contributed by atoms with Gasteiger partial charge in [0.1, 0.15) is 5.69 Å². The van der Waals surface area contributed by atoms with Crippen molar-refractivity contribution >= 4 is 11.8 Å². The lowest BCUT2D eigenvalue weighted by molar-refractivity contribution is -0.129. The maximum atomic E-state index is 11.7. The van der Waals surface area contributed by atoms with E-state index in [9.17, 15) is 14.4 Å². The van der Waals surface area contributed by atoms with Crippen LogP contribution in [0.1, 0.15) is 29.8 Å². The first-order valence-electron chi connectivity index (χ1n) is 6.28. The lowest BCUT2D eigenvalue weighted by Gasteiger charge is -2.14. The minimum absolute atomic E-state index is 0.0622. The Morgan fingerprint density at radius 2 is 2.05 bits per heavy atom. The van der Waals surface area contributed by atoms with E-state index in [1.807, 2.05) is 4.90 Å². The second-order valence-corrected chi connectivity index (χ2v) is 4.40. The first kappa shape index (κ1) is 13.3. The van der Waals surface area contributed by atoms with E-state index in [-0.39, 0.29) is 30.1 Å². The molecule has 0 radical (unpaired) electrons. The van der Waals surface area contributed by atoms with E-state index in [0.717, 1.165) is 25.9 Å². The van der Waals surface area contributed by atoms with Crippen molar-refractivity contribution in [1.29, 1.82) is 0 Å². The molecule has 0 unspecified atom stereocenters. The van der Waals surface area contributed by atoms with Crippen molar-refractivity contribution in [1.82, 2.24) is 20.4 Å². The minimum Gasteiger partial charge on any atom is -0.350 e. The smallest absolute Gasteiger partial charge is 0.271 e. The molecule has 19 heavy (non-hydrogen) atoms. The lowest BCUT2D eigenvalue weighted by atomic mass is 10.3. The number of rotatable bonds is 4. The second kappa shape index (κ2) is 6.12. The van der Waals surface area contributed by atoms with Crippen LogP contribution in [0.3, 0.4) is 0 Å². The predicted octanol–water partition coefficient (Wildman–Crippen LogP) is -0.488. The third-order valence-corrected chi connectivity index (χ3v) is 2.99. The second-order valence-electron chi connectivity index (χ2n) is 4.40. The number of nitrogens with zero attached hydrogens (tertiary/aromatic N) is 2. The Morgan fingerprint density at radius 3 is 2.68 bits per heavy atom. The summed E-state index contributed by atoms with van der Waals surface area (Å²) in [5, 5.41) is 8.39. The van der Waals surface area contributed by atoms with Crippen LogP contribution in [0.5, 0.6) is 0 Å². The molecule has 2 N–H and O–H groups in total. The van der Waals surface area contributed by atoms with Gasteiger partial charge in [0.2, 0.25) is 5.91 Å². The Bertz CT molecular complexity index is 499. The normalized spacial score (nSPS) is 14.4. The van der Waals surface area contributed by atoms with Crippen LogP contribution in [0.2, 0.25) is 0 Å². The summed E-state index contributed by atoms with van der Waals surface area (Å²) in [5.74, 6) is -0.335. The van der Waals surface area contributed by atoms with Crippen LogP contribution in [-0.4, -0.2) is 46.5 Å². The molecule has 0 atom stereocenters. The highest BCUT2D eigenvalue weighted by molar-refractivity contribution is 5.92. The fraction of sp³-hybridized carbons (Fsp3) is 0.500. The SMILES string of the molecule is O=C(NCCC(=O)N1CCCC1)c1ccc(=O)[nH]n1. The molecule has 0 spiro atoms. The fourth-order valence-electron chi connectivity index (χ4n) is 1.97. The van der Waals surface area contributed by atoms with Crippen LogP contribution in [0.15, 0.2) is 16.9 Å². The third-order valence-electron chi connectivity index (χ3n) is 2.99. The largest absolute Gasteiger partial charge is 0.350 e. The van der Waals surface area contributed by atoms with Crippen LogP contribution < -0.4 is 10.9 Å². The van der Waals surface area contributed by atoms with Crippen molar-refractivity contribution in [3.63, 3.8) is 0 Å². The van der Waals surface area contributed by atoms with E-state index in [0.29, 0.717) is 0 Å². The first-order chi connectivity index (χ1) is 9.16. The standard InChI is InChI=1S/C12H16N4O3/c17-10-4-3-9(14-15-10)12(19)13-6-5-11(18)16-7-1-2-8-16/h3-4H,1-2,5-8H2,(H,13,19)(H,15,17). The summed E-state index contributed by atoms with van der Waals surface area (Å²) in [4.78, 5) is 36.0. The zero-order chi connectivity index (χ0) is 13.7. The van der Waals surface area contributed by atoms with Crippen LogP contribution in [0.4, 0.5) is 0 Å². The molecule has 0 bridgehead atoms. The lowest BCUT2D eigenvalue weighted by Crippen LogP contribution is -2.33. The number of hydrogen-bond acceptors (Lipinski definition) is 4. The van der Waals surface area contributed by atoms with Gasteiger partial charge in [0.05, 0.1) is 0 Å². The van der Waals surface area contributed by atoms with Gasteiger partial charge in [-0.25, -0.2) is 5.10 Å². The average Bonchev–Trinajstić information content (AvgIpc) is 2.93. The molecule has 1 aliphatic heterocycles. The quantitative estimate of drug-likeness (QED) is 0.767. The Hall–Kier alpha value is -2.18. The van der Waals surface area contributed by atoms with Crippen LogP contribution in [-0.2, 0) is 4.79 Å². The van der Waals surface area contributed by atoms with Gasteiger partial charge in [-0.2, -0.15) is 5.10 Å². The van der Waals surface area contributed by atoms with E-state index >= 15 is 0 Å². The monoisotopic (exact) mass is 264 g/mol. The molecule has 2 amide bonds. The van der Waals surface area contributed by atoms with Crippen LogP contribution in [0, 0.1) is 0 Å². The van der Waals surface area contributed by atoms with Crippen molar-refractivity contribution in [2.45, 2.75) is 19.3 Å². The van der Waals surface area contributed by atoms with Gasteiger partial charge in [-0.15, -0.1) is 0 Å². The Balaban J connectivity index is 1.76. The Labute approximate surface area is 110 Å². The molecule has 1 aromatic rings. The molecule has 1 aromatic heterocycles. The highest BCUT2D eigenvalue weighted by Gasteiger charge is 2.17. The number of amides is 2. The van der Waals surface area contributed by atoms with E-state index < -0.39 is 5.91 Å². The van der Waals surface area contributed by atoms with E-state index in [1.54, 1.807) is 0 Å². The topological polar surface area (TPSA) is 95.2 Å². The number of hydrogen-bond donors (Lipinski definition) is 2. The number of carbonyl (C=O) groups is 2. The van der Waals surface area contributed by atoms with Gasteiger partial charge in [0.15, 0.2) is 0 Å². The predicted molar refractivity (Wildman–Crippen MR) is 67.6 cm³/mol. The first-order valence-corrected chi connectivity index (χ1v) is 6.28. The van der Waals surface area contributed by atoms with Crippen LogP contribution in [0.25, 0.3) is 0 Å². The molecule has 0 aliphatic carbocycles. The summed E-state index contributed by atoms with van der Waals surface area (Å²) in [6.07, 6.45) is 2.40. The number of nitrogens with one attached hydrogen (secondary N) is 2. The fourth-order valence-corrected chi connectivity index (χ4v) is 1.97. The van der Waals surface area contributed by atoms with Crippen molar-refractivity contribution in [3.8, 4) is 0 Å². The maximum Gasteiger partial charge on any atom is 0.271 e. The molecule has 0 aromatic carbocycles. The van der Waals surface area contributed by atoms with E-state index in [4.69, 9.17) is 0 Å². The number of carbonyl (C=O) groups excluding carboxylic acids is 2. The summed E-state index contributed by atoms with van der Waals surface area (Å²) in [6, 6.07) is 2.58. The zero-order valence-corrected chi connectivity index (χ0v) is 10.5. The molecule has 102 valence electrons. The molecular weight excluding hydrogens is 248 g/mol. The van der Waals surface area contributed by atoms with Gasteiger partial charge in [0.25, 0.3) is 11.5 Å². The van der Waals surface area contributed by atoms with Crippen molar-refractivity contribution < 1.29 is 9.59 Å².